The second-order valence-corrected chi connectivity index (χ2v) is 8.89. The molecule has 0 saturated carbocycles. The van der Waals surface area contributed by atoms with Gasteiger partial charge in [0.2, 0.25) is 0 Å². The number of hydrogen-bond donors (Lipinski definition) is 0. The van der Waals surface area contributed by atoms with Crippen LogP contribution in [0.1, 0.15) is 22.3 Å². The zero-order valence-corrected chi connectivity index (χ0v) is 16.9. The molecule has 2 heteroatoms. The molecular formula is C18H12Y2. The summed E-state index contributed by atoms with van der Waals surface area (Å²) in [5.41, 5.74) is 9.19. The van der Waals surface area contributed by atoms with Gasteiger partial charge in [-0.15, -0.1) is 0 Å². The molecular weight excluding hydrogens is 394 g/mol. The summed E-state index contributed by atoms with van der Waals surface area (Å²) in [5, 5.41) is 0. The van der Waals surface area contributed by atoms with Crippen LogP contribution in [-0.4, -0.2) is 4.60 Å². The van der Waals surface area contributed by atoms with Crippen molar-refractivity contribution in [1.29, 1.82) is 0 Å². The summed E-state index contributed by atoms with van der Waals surface area (Å²) in [6.07, 6.45) is 2.35. The van der Waals surface area contributed by atoms with Gasteiger partial charge in [0.1, 0.15) is 0 Å². The average molecular weight is 406 g/mol. The van der Waals surface area contributed by atoms with E-state index in [1.165, 1.54) is 96.0 Å². The average Bonchev–Trinajstić information content (AvgIpc) is 2.94. The van der Waals surface area contributed by atoms with E-state index >= 15 is 0 Å². The van der Waals surface area contributed by atoms with E-state index in [1.54, 1.807) is 15.7 Å². The minimum absolute atomic E-state index is 1.17. The quantitative estimate of drug-likeness (QED) is 0.631. The summed E-state index contributed by atoms with van der Waals surface area (Å²) in [6.45, 7) is 0. The fourth-order valence-electron chi connectivity index (χ4n) is 3.36. The third-order valence-electron chi connectivity index (χ3n) is 4.23. The Morgan fingerprint density at radius 2 is 1.00 bits per heavy atom. The predicted octanol–water partition coefficient (Wildman–Crippen LogP) is 3.15. The Hall–Kier alpha value is 0.128. The van der Waals surface area contributed by atoms with E-state index in [1.807, 2.05) is 0 Å². The third kappa shape index (κ3) is 2.12. The van der Waals surface area contributed by atoms with Gasteiger partial charge in [-0.2, -0.15) is 0 Å². The molecule has 0 saturated heterocycles. The standard InChI is InChI=1S/C18H12.2Y/c1-3-7-15-13(5-1)9-11-17(15)18-12-10-14-6-2-4-8-16(14)18;;/h1-8H,9-10H2;;/b18-17+;;. The van der Waals surface area contributed by atoms with Crippen LogP contribution in [0.3, 0.4) is 0 Å². The summed E-state index contributed by atoms with van der Waals surface area (Å²) in [6, 6.07) is 17.9. The van der Waals surface area contributed by atoms with Gasteiger partial charge in [0, 0.05) is 0 Å². The Labute approximate surface area is 158 Å². The molecule has 0 aliphatic heterocycles. The molecule has 0 N–H and O–H groups in total. The molecule has 0 fully saturated rings. The third-order valence-corrected chi connectivity index (χ3v) is 6.65. The monoisotopic (exact) mass is 406 g/mol. The first-order valence-electron chi connectivity index (χ1n) is 6.90. The first kappa shape index (κ1) is 13.8. The Bertz CT molecular complexity index is 729. The molecule has 0 atom stereocenters. The maximum absolute atomic E-state index is 2.32. The van der Waals surface area contributed by atoms with Crippen molar-refractivity contribution in [2.24, 2.45) is 0 Å². The molecule has 2 aliphatic carbocycles. The zero-order valence-electron chi connectivity index (χ0n) is 11.2. The number of hydrogen-bond acceptors (Lipinski definition) is 0. The molecule has 20 heavy (non-hydrogen) atoms. The van der Waals surface area contributed by atoms with Crippen LogP contribution >= 0.6 is 0 Å². The summed E-state index contributed by atoms with van der Waals surface area (Å²) in [5.74, 6) is 0. The second-order valence-electron chi connectivity index (χ2n) is 5.47. The fourth-order valence-corrected chi connectivity index (χ4v) is 5.92. The summed E-state index contributed by atoms with van der Waals surface area (Å²) in [7, 11) is 0. The molecule has 2 aliphatic rings. The minimum atomic E-state index is 1.17. The van der Waals surface area contributed by atoms with Crippen LogP contribution in [0.2, 0.25) is 0 Å². The van der Waals surface area contributed by atoms with Crippen LogP contribution in [0.25, 0.3) is 11.1 Å². The van der Waals surface area contributed by atoms with Gasteiger partial charge >= 0.3 is 160 Å². The van der Waals surface area contributed by atoms with E-state index in [2.05, 4.69) is 48.5 Å². The molecule has 0 aromatic heterocycles. The van der Waals surface area contributed by atoms with Crippen LogP contribution in [0.15, 0.2) is 48.5 Å². The summed E-state index contributed by atoms with van der Waals surface area (Å²) in [4.78, 5) is 0. The number of rotatable bonds is 0. The van der Waals surface area contributed by atoms with Crippen molar-refractivity contribution in [3.63, 3.8) is 0 Å². The van der Waals surface area contributed by atoms with Crippen molar-refractivity contribution in [3.05, 3.63) is 70.8 Å². The molecule has 0 spiro atoms. The van der Waals surface area contributed by atoms with Gasteiger partial charge < -0.3 is 0 Å². The maximum atomic E-state index is 2.32. The van der Waals surface area contributed by atoms with Crippen molar-refractivity contribution in [2.75, 3.05) is 0 Å². The Morgan fingerprint density at radius 1 is 0.600 bits per heavy atom. The number of fused-ring (bicyclic) bond motifs is 2. The van der Waals surface area contributed by atoms with Gasteiger partial charge in [0.15, 0.2) is 0 Å². The second kappa shape index (κ2) is 5.40. The summed E-state index contributed by atoms with van der Waals surface area (Å²) >= 11 is 2.48. The fraction of sp³-hybridized carbons (Fsp3) is 0.111. The van der Waals surface area contributed by atoms with Crippen molar-refractivity contribution in [1.82, 2.24) is 0 Å². The van der Waals surface area contributed by atoms with Crippen molar-refractivity contribution < 1.29 is 60.9 Å². The summed E-state index contributed by atoms with van der Waals surface area (Å²) < 4.78 is 3.32. The molecule has 0 bridgehead atoms. The van der Waals surface area contributed by atoms with Crippen molar-refractivity contribution >= 4 is 15.7 Å². The zero-order chi connectivity index (χ0) is 13.7. The normalized spacial score (nSPS) is 20.4. The molecule has 0 nitrogen and oxygen atoms in total. The first-order chi connectivity index (χ1) is 9.75. The van der Waals surface area contributed by atoms with Gasteiger partial charge in [-0.05, 0) is 0 Å². The van der Waals surface area contributed by atoms with E-state index in [0.29, 0.717) is 0 Å². The Kier molecular flexibility index (Phi) is 3.72. The van der Waals surface area contributed by atoms with Gasteiger partial charge in [0.25, 0.3) is 0 Å². The van der Waals surface area contributed by atoms with Gasteiger partial charge in [-0.25, -0.2) is 0 Å². The molecule has 0 heterocycles. The van der Waals surface area contributed by atoms with Crippen LogP contribution < -0.4 is 0 Å². The van der Waals surface area contributed by atoms with Crippen molar-refractivity contribution in [3.8, 4) is 0 Å². The van der Waals surface area contributed by atoms with E-state index in [4.69, 9.17) is 0 Å². The van der Waals surface area contributed by atoms with E-state index < -0.39 is 0 Å². The van der Waals surface area contributed by atoms with Crippen LogP contribution in [0.4, 0.5) is 0 Å². The molecule has 2 aromatic rings. The van der Waals surface area contributed by atoms with E-state index in [-0.39, 0.29) is 0 Å². The Balaban J connectivity index is 2.05. The SMILES string of the molecule is [Y]=[C]1Cc2ccccc2/C1=C1\[C](=[Y])Cc2ccccc21. The van der Waals surface area contributed by atoms with E-state index in [9.17, 15) is 0 Å². The molecule has 4 rings (SSSR count). The molecule has 0 unspecified atom stereocenters. The van der Waals surface area contributed by atoms with Crippen LogP contribution in [0, 0.1) is 0 Å². The van der Waals surface area contributed by atoms with Crippen LogP contribution in [0.5, 0.6) is 0 Å². The number of benzene rings is 2. The van der Waals surface area contributed by atoms with E-state index in [0.717, 1.165) is 0 Å². The van der Waals surface area contributed by atoms with Gasteiger partial charge in [-0.1, -0.05) is 0 Å². The molecule has 0 radical (unpaired) electrons. The van der Waals surface area contributed by atoms with Crippen LogP contribution in [-0.2, 0) is 73.7 Å². The molecule has 0 amide bonds. The Morgan fingerprint density at radius 3 is 1.45 bits per heavy atom. The molecule has 2 aromatic carbocycles. The number of allylic oxidation sites excluding steroid dienone is 2. The molecule has 90 valence electrons. The van der Waals surface area contributed by atoms with Crippen molar-refractivity contribution in [2.45, 2.75) is 12.8 Å². The predicted molar refractivity (Wildman–Crippen MR) is 77.1 cm³/mol. The first-order valence-corrected chi connectivity index (χ1v) is 9.73. The van der Waals surface area contributed by atoms with Gasteiger partial charge in [0.05, 0.1) is 0 Å². The van der Waals surface area contributed by atoms with Gasteiger partial charge in [-0.3, -0.25) is 0 Å². The topological polar surface area (TPSA) is 0 Å².